The lowest BCUT2D eigenvalue weighted by Gasteiger charge is -1.99. The minimum Gasteiger partial charge on any atom is -0.258 e. The van der Waals surface area contributed by atoms with E-state index in [1.165, 1.54) is 12.1 Å². The molecule has 0 N–H and O–H groups in total. The lowest BCUT2D eigenvalue weighted by atomic mass is 10.2. The van der Waals surface area contributed by atoms with Gasteiger partial charge >= 0.3 is 0 Å². The number of benzene rings is 1. The monoisotopic (exact) mass is 240 g/mol. The molecule has 5 nitrogen and oxygen atoms in total. The van der Waals surface area contributed by atoms with E-state index < -0.39 is 4.92 Å². The van der Waals surface area contributed by atoms with E-state index in [1.807, 2.05) is 6.07 Å². The van der Waals surface area contributed by atoms with Crippen LogP contribution in [0.25, 0.3) is 0 Å². The van der Waals surface area contributed by atoms with Gasteiger partial charge in [-0.1, -0.05) is 0 Å². The first-order chi connectivity index (χ1) is 8.70. The van der Waals surface area contributed by atoms with Gasteiger partial charge in [0, 0.05) is 29.8 Å². The van der Waals surface area contributed by atoms with Gasteiger partial charge in [-0.2, -0.15) is 9.83 Å². The molecule has 0 atom stereocenters. The lowest BCUT2D eigenvalue weighted by molar-refractivity contribution is -0.690. The van der Waals surface area contributed by atoms with E-state index in [9.17, 15) is 10.1 Å². The summed E-state index contributed by atoms with van der Waals surface area (Å²) >= 11 is 0. The summed E-state index contributed by atoms with van der Waals surface area (Å²) in [5, 5.41) is 19.5. The number of pyridine rings is 1. The molecule has 18 heavy (non-hydrogen) atoms. The van der Waals surface area contributed by atoms with Crippen LogP contribution in [-0.2, 0) is 6.54 Å². The van der Waals surface area contributed by atoms with Crippen molar-refractivity contribution in [3.8, 4) is 6.07 Å². The standard InChI is InChI=1S/C13H10N3O2/c14-9-13-3-1-2-8-15(13)10-11-4-6-12(7-5-11)16(17)18/h1-8H,10H2/q+1. The largest absolute Gasteiger partial charge is 0.283 e. The third-order valence-electron chi connectivity index (χ3n) is 2.56. The van der Waals surface area contributed by atoms with Crippen LogP contribution in [0.15, 0.2) is 48.7 Å². The van der Waals surface area contributed by atoms with Gasteiger partial charge in [-0.3, -0.25) is 10.1 Å². The molecule has 1 heterocycles. The van der Waals surface area contributed by atoms with Crippen LogP contribution >= 0.6 is 0 Å². The molecule has 1 aromatic carbocycles. The maximum atomic E-state index is 10.5. The van der Waals surface area contributed by atoms with E-state index in [0.717, 1.165) is 5.56 Å². The molecule has 2 rings (SSSR count). The summed E-state index contributed by atoms with van der Waals surface area (Å²) in [7, 11) is 0. The third-order valence-corrected chi connectivity index (χ3v) is 2.56. The summed E-state index contributed by atoms with van der Waals surface area (Å²) < 4.78 is 1.79. The van der Waals surface area contributed by atoms with Crippen molar-refractivity contribution in [2.45, 2.75) is 6.54 Å². The number of hydrogen-bond acceptors (Lipinski definition) is 3. The van der Waals surface area contributed by atoms with Crippen molar-refractivity contribution in [1.82, 2.24) is 0 Å². The van der Waals surface area contributed by atoms with Crippen LogP contribution in [0.2, 0.25) is 0 Å². The summed E-state index contributed by atoms with van der Waals surface area (Å²) in [6.45, 7) is 0.516. The number of nitro groups is 1. The first-order valence-electron chi connectivity index (χ1n) is 5.32. The Balaban J connectivity index is 2.24. The average Bonchev–Trinajstić information content (AvgIpc) is 2.40. The van der Waals surface area contributed by atoms with Gasteiger partial charge in [0.1, 0.15) is 0 Å². The molecule has 1 aromatic heterocycles. The van der Waals surface area contributed by atoms with E-state index in [-0.39, 0.29) is 5.69 Å². The van der Waals surface area contributed by atoms with Gasteiger partial charge < -0.3 is 0 Å². The van der Waals surface area contributed by atoms with Gasteiger partial charge in [-0.05, 0) is 18.2 Å². The van der Waals surface area contributed by atoms with Crippen LogP contribution in [0.5, 0.6) is 0 Å². The van der Waals surface area contributed by atoms with E-state index in [1.54, 1.807) is 35.0 Å². The van der Waals surface area contributed by atoms with Crippen LogP contribution in [0.3, 0.4) is 0 Å². The Hall–Kier alpha value is -2.74. The smallest absolute Gasteiger partial charge is 0.258 e. The fourth-order valence-electron chi connectivity index (χ4n) is 1.64. The molecule has 0 radical (unpaired) electrons. The predicted octanol–water partition coefficient (Wildman–Crippen LogP) is 1.80. The Bertz CT molecular complexity index is 615. The molecule has 88 valence electrons. The Morgan fingerprint density at radius 2 is 1.94 bits per heavy atom. The Kier molecular flexibility index (Phi) is 3.30. The molecule has 0 saturated carbocycles. The SMILES string of the molecule is N#Cc1cccc[n+]1Cc1ccc([N+](=O)[O-])cc1. The number of rotatable bonds is 3. The number of nitro benzene ring substituents is 1. The van der Waals surface area contributed by atoms with Crippen LogP contribution in [0, 0.1) is 21.4 Å². The minimum atomic E-state index is -0.430. The number of hydrogen-bond donors (Lipinski definition) is 0. The molecular formula is C13H10N3O2+. The minimum absolute atomic E-state index is 0.0670. The van der Waals surface area contributed by atoms with Gasteiger partial charge in [-0.25, -0.2) is 0 Å². The van der Waals surface area contributed by atoms with Gasteiger partial charge in [0.25, 0.3) is 11.4 Å². The van der Waals surface area contributed by atoms with Crippen molar-refractivity contribution >= 4 is 5.69 Å². The van der Waals surface area contributed by atoms with Crippen molar-refractivity contribution in [3.63, 3.8) is 0 Å². The normalized spacial score (nSPS) is 9.72. The number of aromatic nitrogens is 1. The molecule has 0 unspecified atom stereocenters. The summed E-state index contributed by atoms with van der Waals surface area (Å²) in [6, 6.07) is 13.8. The Labute approximate surface area is 104 Å². The predicted molar refractivity (Wildman–Crippen MR) is 63.6 cm³/mol. The van der Waals surface area contributed by atoms with Gasteiger partial charge in [-0.15, -0.1) is 0 Å². The molecule has 0 aliphatic carbocycles. The first-order valence-corrected chi connectivity index (χ1v) is 5.32. The van der Waals surface area contributed by atoms with Gasteiger partial charge in [0.2, 0.25) is 0 Å². The number of non-ortho nitro benzene ring substituents is 1. The summed E-state index contributed by atoms with van der Waals surface area (Å²) in [6.07, 6.45) is 1.81. The van der Waals surface area contributed by atoms with Crippen molar-refractivity contribution in [2.75, 3.05) is 0 Å². The second-order valence-corrected chi connectivity index (χ2v) is 3.75. The fraction of sp³-hybridized carbons (Fsp3) is 0.0769. The molecule has 0 fully saturated rings. The molecule has 0 bridgehead atoms. The van der Waals surface area contributed by atoms with Crippen LogP contribution in [0.1, 0.15) is 11.3 Å². The average molecular weight is 240 g/mol. The highest BCUT2D eigenvalue weighted by Crippen LogP contribution is 2.11. The van der Waals surface area contributed by atoms with Crippen LogP contribution in [-0.4, -0.2) is 4.92 Å². The van der Waals surface area contributed by atoms with Crippen LogP contribution < -0.4 is 4.57 Å². The Morgan fingerprint density at radius 1 is 1.22 bits per heavy atom. The summed E-state index contributed by atoms with van der Waals surface area (Å²) in [4.78, 5) is 10.1. The third kappa shape index (κ3) is 2.50. The quantitative estimate of drug-likeness (QED) is 0.466. The molecule has 0 saturated heterocycles. The van der Waals surface area contributed by atoms with Gasteiger partial charge in [0.05, 0.1) is 4.92 Å². The highest BCUT2D eigenvalue weighted by atomic mass is 16.6. The van der Waals surface area contributed by atoms with Crippen molar-refractivity contribution < 1.29 is 9.49 Å². The molecule has 0 spiro atoms. The highest BCUT2D eigenvalue weighted by molar-refractivity contribution is 5.32. The molecule has 0 aliphatic heterocycles. The maximum absolute atomic E-state index is 10.5. The van der Waals surface area contributed by atoms with Crippen molar-refractivity contribution in [2.24, 2.45) is 0 Å². The topological polar surface area (TPSA) is 70.8 Å². The summed E-state index contributed by atoms with van der Waals surface area (Å²) in [5.74, 6) is 0. The molecule has 5 heteroatoms. The summed E-state index contributed by atoms with van der Waals surface area (Å²) in [5.41, 5.74) is 1.53. The second-order valence-electron chi connectivity index (χ2n) is 3.75. The second kappa shape index (κ2) is 5.06. The molecule has 0 aliphatic rings. The zero-order valence-corrected chi connectivity index (χ0v) is 9.48. The van der Waals surface area contributed by atoms with E-state index >= 15 is 0 Å². The Morgan fingerprint density at radius 3 is 2.56 bits per heavy atom. The first kappa shape index (κ1) is 11.7. The van der Waals surface area contributed by atoms with E-state index in [0.29, 0.717) is 12.2 Å². The van der Waals surface area contributed by atoms with Crippen molar-refractivity contribution in [1.29, 1.82) is 5.26 Å². The zero-order chi connectivity index (χ0) is 13.0. The zero-order valence-electron chi connectivity index (χ0n) is 9.48. The molecule has 0 amide bonds. The van der Waals surface area contributed by atoms with Crippen molar-refractivity contribution in [3.05, 3.63) is 70.0 Å². The lowest BCUT2D eigenvalue weighted by Crippen LogP contribution is -2.37. The van der Waals surface area contributed by atoms with E-state index in [4.69, 9.17) is 5.26 Å². The number of nitrogens with zero attached hydrogens (tertiary/aromatic N) is 3. The molecule has 2 aromatic rings. The van der Waals surface area contributed by atoms with Crippen LogP contribution in [0.4, 0.5) is 5.69 Å². The maximum Gasteiger partial charge on any atom is 0.283 e. The number of nitriles is 1. The van der Waals surface area contributed by atoms with Gasteiger partial charge in [0.15, 0.2) is 18.8 Å². The highest BCUT2D eigenvalue weighted by Gasteiger charge is 2.10. The molecular weight excluding hydrogens is 230 g/mol. The fourth-order valence-corrected chi connectivity index (χ4v) is 1.64. The van der Waals surface area contributed by atoms with E-state index in [2.05, 4.69) is 6.07 Å².